The molecule has 9 heteroatoms. The van der Waals surface area contributed by atoms with Gasteiger partial charge in [0.25, 0.3) is 5.91 Å². The highest BCUT2D eigenvalue weighted by Gasteiger charge is 2.14. The van der Waals surface area contributed by atoms with Crippen LogP contribution in [0.3, 0.4) is 0 Å². The van der Waals surface area contributed by atoms with Gasteiger partial charge in [0.2, 0.25) is 0 Å². The van der Waals surface area contributed by atoms with E-state index in [0.717, 1.165) is 19.6 Å². The van der Waals surface area contributed by atoms with Crippen molar-refractivity contribution in [2.24, 2.45) is 0 Å². The first kappa shape index (κ1) is 24.8. The molecule has 0 bridgehead atoms. The molecule has 0 fully saturated rings. The first-order chi connectivity index (χ1) is 15.4. The first-order valence-electron chi connectivity index (χ1n) is 10.4. The number of anilines is 2. The van der Waals surface area contributed by atoms with Gasteiger partial charge in [-0.25, -0.2) is 4.79 Å². The van der Waals surface area contributed by atoms with E-state index in [1.54, 1.807) is 36.4 Å². The van der Waals surface area contributed by atoms with Crippen LogP contribution in [-0.4, -0.2) is 64.3 Å². The summed E-state index contributed by atoms with van der Waals surface area (Å²) >= 11 is 0. The third-order valence-corrected chi connectivity index (χ3v) is 4.92. The molecule has 2 aromatic rings. The van der Waals surface area contributed by atoms with Gasteiger partial charge in [-0.05, 0) is 25.2 Å². The number of rotatable bonds is 11. The zero-order chi connectivity index (χ0) is 23.5. The van der Waals surface area contributed by atoms with Crippen LogP contribution in [0.2, 0.25) is 0 Å². The van der Waals surface area contributed by atoms with E-state index in [-0.39, 0.29) is 5.91 Å². The molecule has 32 heavy (non-hydrogen) atoms. The highest BCUT2D eigenvalue weighted by atomic mass is 16.5. The van der Waals surface area contributed by atoms with Crippen molar-refractivity contribution >= 4 is 23.3 Å². The standard InChI is InChI=1S/C23H32N4O5/c1-6-27(7-2)11-10-24-22(28)20-9-8-16(14-21(20)32-5)25-23(29)26-17-12-18(30-3)15-19(13-17)31-4/h8-9,12-15H,6-7,10-11H2,1-5H3,(H,24,28)(H2,25,26,29). The Kier molecular flexibility index (Phi) is 9.62. The predicted octanol–water partition coefficient (Wildman–Crippen LogP) is 3.43. The maximum absolute atomic E-state index is 12.5. The number of urea groups is 1. The number of benzene rings is 2. The zero-order valence-corrected chi connectivity index (χ0v) is 19.3. The molecule has 0 atom stereocenters. The number of nitrogens with one attached hydrogen (secondary N) is 3. The van der Waals surface area contributed by atoms with Gasteiger partial charge in [0.05, 0.1) is 26.9 Å². The summed E-state index contributed by atoms with van der Waals surface area (Å²) in [6, 6.07) is 9.47. The average molecular weight is 445 g/mol. The van der Waals surface area contributed by atoms with Crippen molar-refractivity contribution in [1.29, 1.82) is 0 Å². The van der Waals surface area contributed by atoms with Crippen LogP contribution < -0.4 is 30.2 Å². The lowest BCUT2D eigenvalue weighted by molar-refractivity contribution is 0.0946. The molecule has 9 nitrogen and oxygen atoms in total. The molecular formula is C23H32N4O5. The van der Waals surface area contributed by atoms with Crippen LogP contribution >= 0.6 is 0 Å². The third kappa shape index (κ3) is 7.05. The largest absolute Gasteiger partial charge is 0.497 e. The Labute approximate surface area is 189 Å². The van der Waals surface area contributed by atoms with Gasteiger partial charge in [-0.2, -0.15) is 0 Å². The molecule has 0 spiro atoms. The van der Waals surface area contributed by atoms with Gasteiger partial charge >= 0.3 is 6.03 Å². The molecule has 2 aromatic carbocycles. The van der Waals surface area contributed by atoms with Crippen LogP contribution in [0.4, 0.5) is 16.2 Å². The second-order valence-corrected chi connectivity index (χ2v) is 6.88. The van der Waals surface area contributed by atoms with Crippen molar-refractivity contribution in [3.63, 3.8) is 0 Å². The third-order valence-electron chi connectivity index (χ3n) is 4.92. The van der Waals surface area contributed by atoms with Crippen LogP contribution in [-0.2, 0) is 0 Å². The lowest BCUT2D eigenvalue weighted by atomic mass is 10.1. The summed E-state index contributed by atoms with van der Waals surface area (Å²) in [7, 11) is 4.55. The molecule has 0 aliphatic heterocycles. The number of carbonyl (C=O) groups is 2. The summed E-state index contributed by atoms with van der Waals surface area (Å²) < 4.78 is 15.8. The molecule has 174 valence electrons. The Balaban J connectivity index is 2.02. The van der Waals surface area contributed by atoms with Crippen molar-refractivity contribution in [3.05, 3.63) is 42.0 Å². The second-order valence-electron chi connectivity index (χ2n) is 6.88. The molecule has 0 radical (unpaired) electrons. The Morgan fingerprint density at radius 2 is 1.47 bits per heavy atom. The minimum absolute atomic E-state index is 0.228. The summed E-state index contributed by atoms with van der Waals surface area (Å²) in [4.78, 5) is 27.2. The molecule has 0 heterocycles. The number of carbonyl (C=O) groups excluding carboxylic acids is 2. The molecule has 0 aliphatic rings. The van der Waals surface area contributed by atoms with Crippen molar-refractivity contribution in [2.45, 2.75) is 13.8 Å². The Morgan fingerprint density at radius 1 is 0.844 bits per heavy atom. The summed E-state index contributed by atoms with van der Waals surface area (Å²) in [5.41, 5.74) is 1.39. The van der Waals surface area contributed by atoms with Crippen LogP contribution in [0.25, 0.3) is 0 Å². The molecule has 0 unspecified atom stereocenters. The number of hydrogen-bond donors (Lipinski definition) is 3. The van der Waals surface area contributed by atoms with E-state index in [4.69, 9.17) is 14.2 Å². The molecule has 3 N–H and O–H groups in total. The van der Waals surface area contributed by atoms with Gasteiger partial charge in [0.1, 0.15) is 17.2 Å². The lowest BCUT2D eigenvalue weighted by Gasteiger charge is -2.18. The Morgan fingerprint density at radius 3 is 2.03 bits per heavy atom. The topological polar surface area (TPSA) is 101 Å². The average Bonchev–Trinajstić information content (AvgIpc) is 2.81. The summed E-state index contributed by atoms with van der Waals surface area (Å²) in [6.45, 7) is 7.34. The minimum Gasteiger partial charge on any atom is -0.497 e. The number of amides is 3. The van der Waals surface area contributed by atoms with E-state index in [2.05, 4.69) is 34.7 Å². The lowest BCUT2D eigenvalue weighted by Crippen LogP contribution is -2.34. The second kappa shape index (κ2) is 12.4. The van der Waals surface area contributed by atoms with Crippen LogP contribution in [0.15, 0.2) is 36.4 Å². The molecule has 0 saturated carbocycles. The fourth-order valence-corrected chi connectivity index (χ4v) is 3.09. The van der Waals surface area contributed by atoms with Crippen LogP contribution in [0, 0.1) is 0 Å². The molecular weight excluding hydrogens is 412 g/mol. The highest BCUT2D eigenvalue weighted by Crippen LogP contribution is 2.26. The SMILES string of the molecule is CCN(CC)CCNC(=O)c1ccc(NC(=O)Nc2cc(OC)cc(OC)c2)cc1OC. The van der Waals surface area contributed by atoms with Gasteiger partial charge in [-0.1, -0.05) is 13.8 Å². The Bertz CT molecular complexity index is 893. The summed E-state index contributed by atoms with van der Waals surface area (Å²) in [5.74, 6) is 1.25. The normalized spacial score (nSPS) is 10.4. The number of nitrogens with zero attached hydrogens (tertiary/aromatic N) is 1. The van der Waals surface area contributed by atoms with E-state index in [0.29, 0.717) is 40.7 Å². The van der Waals surface area contributed by atoms with Crippen LogP contribution in [0.5, 0.6) is 17.2 Å². The summed E-state index contributed by atoms with van der Waals surface area (Å²) in [6.07, 6.45) is 0. The quantitative estimate of drug-likeness (QED) is 0.491. The monoisotopic (exact) mass is 444 g/mol. The van der Waals surface area contributed by atoms with Gasteiger partial charge < -0.3 is 35.1 Å². The smallest absolute Gasteiger partial charge is 0.323 e. The fraction of sp³-hybridized carbons (Fsp3) is 0.391. The zero-order valence-electron chi connectivity index (χ0n) is 19.3. The maximum Gasteiger partial charge on any atom is 0.323 e. The molecule has 0 aliphatic carbocycles. The molecule has 0 saturated heterocycles. The molecule has 0 aromatic heterocycles. The number of ether oxygens (including phenoxy) is 3. The number of hydrogen-bond acceptors (Lipinski definition) is 6. The maximum atomic E-state index is 12.5. The van der Waals surface area contributed by atoms with E-state index in [9.17, 15) is 9.59 Å². The highest BCUT2D eigenvalue weighted by molar-refractivity contribution is 6.01. The number of likely N-dealkylation sites (N-methyl/N-ethyl adjacent to an activating group) is 1. The molecule has 2 rings (SSSR count). The molecule has 3 amide bonds. The first-order valence-corrected chi connectivity index (χ1v) is 10.4. The van der Waals surface area contributed by atoms with E-state index >= 15 is 0 Å². The number of methoxy groups -OCH3 is 3. The van der Waals surface area contributed by atoms with Gasteiger partial charge in [0, 0.05) is 48.7 Å². The van der Waals surface area contributed by atoms with Gasteiger partial charge in [-0.15, -0.1) is 0 Å². The van der Waals surface area contributed by atoms with Gasteiger partial charge in [-0.3, -0.25) is 4.79 Å². The van der Waals surface area contributed by atoms with Crippen molar-refractivity contribution < 1.29 is 23.8 Å². The minimum atomic E-state index is -0.459. The van der Waals surface area contributed by atoms with Crippen molar-refractivity contribution in [1.82, 2.24) is 10.2 Å². The van der Waals surface area contributed by atoms with E-state index in [1.165, 1.54) is 21.3 Å². The van der Waals surface area contributed by atoms with Gasteiger partial charge in [0.15, 0.2) is 0 Å². The van der Waals surface area contributed by atoms with Crippen LogP contribution in [0.1, 0.15) is 24.2 Å². The Hall–Kier alpha value is -3.46. The van der Waals surface area contributed by atoms with Crippen molar-refractivity contribution in [3.8, 4) is 17.2 Å². The summed E-state index contributed by atoms with van der Waals surface area (Å²) in [5, 5.41) is 8.36. The van der Waals surface area contributed by atoms with E-state index in [1.807, 2.05) is 0 Å². The van der Waals surface area contributed by atoms with Crippen molar-refractivity contribution in [2.75, 3.05) is 58.1 Å². The predicted molar refractivity (Wildman–Crippen MR) is 125 cm³/mol. The van der Waals surface area contributed by atoms with E-state index < -0.39 is 6.03 Å². The fourth-order valence-electron chi connectivity index (χ4n) is 3.09.